The summed E-state index contributed by atoms with van der Waals surface area (Å²) < 4.78 is 39.3. The van der Waals surface area contributed by atoms with E-state index in [-0.39, 0.29) is 18.7 Å². The zero-order chi connectivity index (χ0) is 31.0. The van der Waals surface area contributed by atoms with Crippen LogP contribution in [0, 0.1) is 11.8 Å². The average molecular weight is 600 g/mol. The molecule has 4 rings (SSSR count). The molecule has 2 aliphatic heterocycles. The Balaban J connectivity index is 1.63. The first kappa shape index (κ1) is 32.2. The van der Waals surface area contributed by atoms with Gasteiger partial charge in [0.1, 0.15) is 0 Å². The number of carbonyl (C=O) groups excluding carboxylic acids is 3. The summed E-state index contributed by atoms with van der Waals surface area (Å²) in [4.78, 5) is 49.2. The fraction of sp³-hybridized carbons (Fsp3) is 0.500. The summed E-state index contributed by atoms with van der Waals surface area (Å²) in [5, 5.41) is 5.63. The maximum Gasteiger partial charge on any atom is 0.389 e. The number of carbonyl (C=O) groups is 3. The van der Waals surface area contributed by atoms with E-state index < -0.39 is 42.4 Å². The van der Waals surface area contributed by atoms with E-state index in [1.807, 2.05) is 49.4 Å². The maximum absolute atomic E-state index is 13.9. The topological polar surface area (TPSA) is 94.1 Å². The highest BCUT2D eigenvalue weighted by molar-refractivity contribution is 6.20. The molecule has 8 nitrogen and oxygen atoms in total. The van der Waals surface area contributed by atoms with Gasteiger partial charge in [0.15, 0.2) is 0 Å². The number of benzodiazepines with no additional fused rings is 1. The molecule has 2 aromatic rings. The van der Waals surface area contributed by atoms with E-state index in [2.05, 4.69) is 15.5 Å². The summed E-state index contributed by atoms with van der Waals surface area (Å²) in [7, 11) is 1.59. The van der Waals surface area contributed by atoms with Crippen molar-refractivity contribution in [2.24, 2.45) is 16.8 Å². The molecule has 1 fully saturated rings. The fourth-order valence-corrected chi connectivity index (χ4v) is 5.81. The van der Waals surface area contributed by atoms with Crippen LogP contribution in [0.2, 0.25) is 0 Å². The number of halogens is 3. The van der Waals surface area contributed by atoms with E-state index in [9.17, 15) is 27.6 Å². The lowest BCUT2D eigenvalue weighted by Crippen LogP contribution is -2.50. The van der Waals surface area contributed by atoms with Crippen LogP contribution >= 0.6 is 0 Å². The number of anilines is 1. The van der Waals surface area contributed by atoms with E-state index in [4.69, 9.17) is 4.99 Å². The summed E-state index contributed by atoms with van der Waals surface area (Å²) in [5.41, 5.74) is 2.55. The first-order chi connectivity index (χ1) is 20.6. The Bertz CT molecular complexity index is 1290. The standard InChI is InChI=1S/C32H40F3N5O3/c1-3-12-23(29(41)36-21-40-19-9-10-20-40)24(16-11-18-32(33,34)35)30(42)38-28-31(43)39(2)26-17-8-7-15-25(26)27(37-28)22-13-5-4-6-14-22/h4-8,13-15,17,23-24,28H,3,9-12,16,18-21H2,1-2H3,(H,36,41)(H,38,42)/t23-,24+,28+/m0/s1. The van der Waals surface area contributed by atoms with Gasteiger partial charge in [-0.1, -0.05) is 61.9 Å². The molecule has 0 bridgehead atoms. The van der Waals surface area contributed by atoms with Gasteiger partial charge in [-0.2, -0.15) is 13.2 Å². The van der Waals surface area contributed by atoms with Crippen LogP contribution in [0.4, 0.5) is 18.9 Å². The monoisotopic (exact) mass is 599 g/mol. The number of alkyl halides is 3. The first-order valence-corrected chi connectivity index (χ1v) is 15.0. The molecule has 3 atom stereocenters. The summed E-state index contributed by atoms with van der Waals surface area (Å²) in [5.74, 6) is -3.45. The minimum absolute atomic E-state index is 0.153. The van der Waals surface area contributed by atoms with Crippen LogP contribution in [0.15, 0.2) is 59.6 Å². The first-order valence-electron chi connectivity index (χ1n) is 15.0. The van der Waals surface area contributed by atoms with Crippen molar-refractivity contribution in [1.29, 1.82) is 0 Å². The maximum atomic E-state index is 13.9. The molecule has 43 heavy (non-hydrogen) atoms. The summed E-state index contributed by atoms with van der Waals surface area (Å²) >= 11 is 0. The number of benzene rings is 2. The smallest absolute Gasteiger partial charge is 0.343 e. The third-order valence-corrected chi connectivity index (χ3v) is 8.08. The molecule has 2 aliphatic rings. The SMILES string of the molecule is CCC[C@H](C(=O)NCN1CCCC1)[C@@H](CCCC(F)(F)F)C(=O)N[C@H]1N=C(c2ccccc2)c2ccccc2N(C)C1=O. The van der Waals surface area contributed by atoms with Crippen LogP contribution in [0.3, 0.4) is 0 Å². The Labute approximate surface area is 250 Å². The van der Waals surface area contributed by atoms with Crippen molar-refractivity contribution in [1.82, 2.24) is 15.5 Å². The lowest BCUT2D eigenvalue weighted by Gasteiger charge is -2.28. The van der Waals surface area contributed by atoms with Crippen molar-refractivity contribution in [3.63, 3.8) is 0 Å². The second kappa shape index (κ2) is 14.6. The van der Waals surface area contributed by atoms with Crippen molar-refractivity contribution < 1.29 is 27.6 Å². The molecule has 1 saturated heterocycles. The number of rotatable bonds is 12. The van der Waals surface area contributed by atoms with Crippen LogP contribution < -0.4 is 15.5 Å². The highest BCUT2D eigenvalue weighted by Gasteiger charge is 2.38. The predicted molar refractivity (Wildman–Crippen MR) is 159 cm³/mol. The molecule has 2 N–H and O–H groups in total. The van der Waals surface area contributed by atoms with Crippen molar-refractivity contribution in [3.05, 3.63) is 65.7 Å². The Hall–Kier alpha value is -3.73. The number of likely N-dealkylation sites (N-methyl/N-ethyl adjacent to an activating group) is 1. The van der Waals surface area contributed by atoms with Gasteiger partial charge in [0.2, 0.25) is 18.0 Å². The number of aliphatic imine (C=N–C) groups is 1. The van der Waals surface area contributed by atoms with Crippen LogP contribution in [0.1, 0.15) is 63.0 Å². The van der Waals surface area contributed by atoms with Gasteiger partial charge < -0.3 is 15.5 Å². The average Bonchev–Trinajstić information content (AvgIpc) is 3.49. The van der Waals surface area contributed by atoms with Crippen LogP contribution in [0.25, 0.3) is 0 Å². The molecular weight excluding hydrogens is 559 g/mol. The lowest BCUT2D eigenvalue weighted by molar-refractivity contribution is -0.141. The van der Waals surface area contributed by atoms with E-state index in [0.29, 0.717) is 36.5 Å². The highest BCUT2D eigenvalue weighted by atomic mass is 19.4. The van der Waals surface area contributed by atoms with E-state index >= 15 is 0 Å². The number of likely N-dealkylation sites (tertiary alicyclic amines) is 1. The molecular formula is C32H40F3N5O3. The van der Waals surface area contributed by atoms with Crippen molar-refractivity contribution in [2.45, 2.75) is 64.2 Å². The number of amides is 3. The molecule has 3 amide bonds. The molecule has 2 aromatic carbocycles. The summed E-state index contributed by atoms with van der Waals surface area (Å²) in [6.45, 7) is 3.90. The lowest BCUT2D eigenvalue weighted by atomic mass is 9.83. The van der Waals surface area contributed by atoms with Gasteiger partial charge in [-0.15, -0.1) is 0 Å². The van der Waals surface area contributed by atoms with Crippen molar-refractivity contribution >= 4 is 29.1 Å². The Morgan fingerprint density at radius 3 is 2.30 bits per heavy atom. The van der Waals surface area contributed by atoms with Gasteiger partial charge >= 0.3 is 6.18 Å². The predicted octanol–water partition coefficient (Wildman–Crippen LogP) is 4.88. The molecule has 0 saturated carbocycles. The molecule has 0 aliphatic carbocycles. The number of hydrogen-bond donors (Lipinski definition) is 2. The van der Waals surface area contributed by atoms with Crippen molar-refractivity contribution in [3.8, 4) is 0 Å². The Morgan fingerprint density at radius 2 is 1.63 bits per heavy atom. The van der Waals surface area contributed by atoms with E-state index in [0.717, 1.165) is 31.5 Å². The minimum Gasteiger partial charge on any atom is -0.343 e. The zero-order valence-electron chi connectivity index (χ0n) is 24.7. The molecule has 2 heterocycles. The number of nitrogens with zero attached hydrogens (tertiary/aromatic N) is 3. The minimum atomic E-state index is -4.39. The van der Waals surface area contributed by atoms with Crippen molar-refractivity contribution in [2.75, 3.05) is 31.7 Å². The van der Waals surface area contributed by atoms with Gasteiger partial charge in [0.05, 0.1) is 18.1 Å². The molecule has 232 valence electrons. The third-order valence-electron chi connectivity index (χ3n) is 8.08. The van der Waals surface area contributed by atoms with Crippen LogP contribution in [0.5, 0.6) is 0 Å². The second-order valence-electron chi connectivity index (χ2n) is 11.2. The molecule has 0 spiro atoms. The normalized spacial score (nSPS) is 18.8. The summed E-state index contributed by atoms with van der Waals surface area (Å²) in [6.07, 6.45) is -4.31. The van der Waals surface area contributed by atoms with Gasteiger partial charge in [0, 0.05) is 36.4 Å². The number of nitrogens with one attached hydrogen (secondary N) is 2. The fourth-order valence-electron chi connectivity index (χ4n) is 5.81. The molecule has 11 heteroatoms. The van der Waals surface area contributed by atoms with Crippen LogP contribution in [-0.2, 0) is 14.4 Å². The van der Waals surface area contributed by atoms with Gasteiger partial charge in [-0.3, -0.25) is 19.3 Å². The van der Waals surface area contributed by atoms with Crippen LogP contribution in [-0.4, -0.2) is 67.5 Å². The molecule has 0 radical (unpaired) electrons. The quantitative estimate of drug-likeness (QED) is 0.364. The zero-order valence-corrected chi connectivity index (χ0v) is 24.7. The van der Waals surface area contributed by atoms with Gasteiger partial charge in [0.25, 0.3) is 5.91 Å². The number of hydrogen-bond acceptors (Lipinski definition) is 5. The number of para-hydroxylation sites is 1. The highest BCUT2D eigenvalue weighted by Crippen LogP contribution is 2.30. The Kier molecular flexibility index (Phi) is 11.0. The largest absolute Gasteiger partial charge is 0.389 e. The van der Waals surface area contributed by atoms with E-state index in [1.54, 1.807) is 19.2 Å². The van der Waals surface area contributed by atoms with E-state index in [1.165, 1.54) is 4.90 Å². The number of fused-ring (bicyclic) bond motifs is 1. The second-order valence-corrected chi connectivity index (χ2v) is 11.2. The third kappa shape index (κ3) is 8.43. The van der Waals surface area contributed by atoms with Gasteiger partial charge in [-0.05, 0) is 51.3 Å². The Morgan fingerprint density at radius 1 is 0.977 bits per heavy atom. The van der Waals surface area contributed by atoms with Gasteiger partial charge in [-0.25, -0.2) is 4.99 Å². The molecule has 0 aromatic heterocycles. The molecule has 0 unspecified atom stereocenters. The summed E-state index contributed by atoms with van der Waals surface area (Å²) in [6, 6.07) is 16.5.